The van der Waals surface area contributed by atoms with E-state index < -0.39 is 93.8 Å². The van der Waals surface area contributed by atoms with Crippen molar-refractivity contribution in [1.29, 1.82) is 0 Å². The largest absolute Gasteiger partial charge is 4.00 e. The maximum absolute atomic E-state index is 10.4. The second-order valence-electron chi connectivity index (χ2n) is 7.89. The molecule has 0 N–H and O–H groups in total. The first-order valence-electron chi connectivity index (χ1n) is 10.7. The molecule has 0 radical (unpaired) electrons. The quantitative estimate of drug-likeness (QED) is 0.176. The molecule has 0 saturated carbocycles. The minimum absolute atomic E-state index is 0. The molecule has 0 spiro atoms. The zero-order valence-electron chi connectivity index (χ0n) is 23.3. The number of hydrogen-bond donors (Lipinski definition) is 0. The van der Waals surface area contributed by atoms with Crippen LogP contribution in [0.4, 0.5) is 0 Å². The molecule has 0 fully saturated rings. The van der Waals surface area contributed by atoms with Gasteiger partial charge in [0.25, 0.3) is 0 Å². The van der Waals surface area contributed by atoms with E-state index in [9.17, 15) is 78.0 Å². The Kier molecular flexibility index (Phi) is 26.2. The Morgan fingerprint density at radius 3 is 0.366 bits per heavy atom. The van der Waals surface area contributed by atoms with Crippen molar-refractivity contribution < 1.29 is 104 Å². The van der Waals surface area contributed by atoms with Gasteiger partial charge < -0.3 is 39.6 Å². The van der Waals surface area contributed by atoms with E-state index in [1.54, 1.807) is 0 Å². The standard InChI is InChI=1S/4C6H8O4.Zr/c4*1-3(7)5(4(2)8)6(9)10;/h4*5H,1-2H3,(H,9,10);/q;;;;+4/p-4. The Morgan fingerprint density at radius 1 is 0.293 bits per heavy atom. The van der Waals surface area contributed by atoms with Crippen molar-refractivity contribution in [2.24, 2.45) is 23.7 Å². The fourth-order valence-electron chi connectivity index (χ4n) is 2.47. The van der Waals surface area contributed by atoms with Gasteiger partial charge in [0.05, 0.1) is 23.9 Å². The predicted octanol–water partition coefficient (Wildman–Crippen LogP) is -5.88. The van der Waals surface area contributed by atoms with Crippen molar-refractivity contribution in [2.45, 2.75) is 55.4 Å². The number of carbonyl (C=O) groups is 12. The van der Waals surface area contributed by atoms with Crippen molar-refractivity contribution >= 4 is 70.1 Å². The van der Waals surface area contributed by atoms with Crippen molar-refractivity contribution in [3.63, 3.8) is 0 Å². The topological polar surface area (TPSA) is 297 Å². The fraction of sp³-hybridized carbons (Fsp3) is 0.500. The van der Waals surface area contributed by atoms with Crippen LogP contribution in [0.3, 0.4) is 0 Å². The van der Waals surface area contributed by atoms with Crippen LogP contribution in [0.15, 0.2) is 0 Å². The monoisotopic (exact) mass is 662 g/mol. The first-order chi connectivity index (χ1) is 17.9. The second kappa shape index (κ2) is 22.9. The first kappa shape index (κ1) is 46.9. The molecule has 0 aliphatic carbocycles. The van der Waals surface area contributed by atoms with Crippen LogP contribution in [-0.2, 0) is 83.7 Å². The number of carboxylic acids is 4. The number of Topliss-reactive ketones (excluding diaryl/α,β-unsaturated/α-hetero) is 8. The number of carboxylic acid groups (broad SMARTS) is 4. The van der Waals surface area contributed by atoms with Gasteiger partial charge in [-0.2, -0.15) is 0 Å². The summed E-state index contributed by atoms with van der Waals surface area (Å²) in [6.07, 6.45) is 0. The van der Waals surface area contributed by atoms with Crippen LogP contribution in [0.25, 0.3) is 0 Å². The smallest absolute Gasteiger partial charge is 0.549 e. The van der Waals surface area contributed by atoms with Crippen molar-refractivity contribution in [1.82, 2.24) is 0 Å². The number of carbonyl (C=O) groups excluding carboxylic acids is 12. The Bertz CT molecular complexity index is 770. The van der Waals surface area contributed by atoms with Gasteiger partial charge in [0.2, 0.25) is 0 Å². The average Bonchev–Trinajstić information content (AvgIpc) is 2.64. The van der Waals surface area contributed by atoms with Gasteiger partial charge in [-0.05, 0) is 55.4 Å². The molecule has 0 aliphatic rings. The SMILES string of the molecule is CC(=O)C(C(C)=O)C(=O)[O-].CC(=O)C(C(C)=O)C(=O)[O-].CC(=O)C(C(C)=O)C(=O)[O-].CC(=O)C(C(C)=O)C(=O)[O-].[Zr+4]. The Labute approximate surface area is 253 Å². The van der Waals surface area contributed by atoms with Gasteiger partial charge in [0.1, 0.15) is 69.9 Å². The number of ketones is 8. The molecule has 0 saturated heterocycles. The molecule has 0 bridgehead atoms. The summed E-state index contributed by atoms with van der Waals surface area (Å²) in [4.78, 5) is 123. The molecule has 0 aliphatic heterocycles. The zero-order chi connectivity index (χ0) is 33.2. The third-order valence-electron chi connectivity index (χ3n) is 4.20. The summed E-state index contributed by atoms with van der Waals surface area (Å²) in [7, 11) is 0. The predicted molar refractivity (Wildman–Crippen MR) is 119 cm³/mol. The summed E-state index contributed by atoms with van der Waals surface area (Å²) in [5, 5.41) is 40.1. The van der Waals surface area contributed by atoms with Crippen LogP contribution < -0.4 is 20.4 Å². The molecule has 0 aromatic carbocycles. The van der Waals surface area contributed by atoms with Crippen molar-refractivity contribution in [2.75, 3.05) is 0 Å². The van der Waals surface area contributed by atoms with Crippen LogP contribution in [-0.4, -0.2) is 70.1 Å². The van der Waals surface area contributed by atoms with Gasteiger partial charge in [-0.25, -0.2) is 0 Å². The van der Waals surface area contributed by atoms with E-state index in [0.29, 0.717) is 0 Å². The number of rotatable bonds is 12. The van der Waals surface area contributed by atoms with Crippen LogP contribution >= 0.6 is 0 Å². The Hall–Kier alpha value is -3.88. The van der Waals surface area contributed by atoms with Gasteiger partial charge in [-0.15, -0.1) is 0 Å². The molecular formula is C24H28O16Zr. The van der Waals surface area contributed by atoms with Crippen molar-refractivity contribution in [3.05, 3.63) is 0 Å². The number of hydrogen-bond acceptors (Lipinski definition) is 16. The first-order valence-corrected chi connectivity index (χ1v) is 10.7. The molecule has 224 valence electrons. The Balaban J connectivity index is -0.000000139. The van der Waals surface area contributed by atoms with Gasteiger partial charge in [-0.1, -0.05) is 0 Å². The molecule has 0 heterocycles. The molecule has 16 nitrogen and oxygen atoms in total. The minimum Gasteiger partial charge on any atom is -0.549 e. The maximum atomic E-state index is 10.4. The zero-order valence-corrected chi connectivity index (χ0v) is 25.8. The minimum atomic E-state index is -1.62. The third-order valence-corrected chi connectivity index (χ3v) is 4.20. The summed E-state index contributed by atoms with van der Waals surface area (Å²) in [6, 6.07) is 0. The normalized spacial score (nSPS) is 9.27. The number of aliphatic carboxylic acids is 4. The van der Waals surface area contributed by atoms with Gasteiger partial charge in [0, 0.05) is 0 Å². The van der Waals surface area contributed by atoms with E-state index in [1.165, 1.54) is 0 Å². The van der Waals surface area contributed by atoms with Crippen LogP contribution in [0.5, 0.6) is 0 Å². The molecule has 0 rings (SSSR count). The van der Waals surface area contributed by atoms with Crippen LogP contribution in [0.1, 0.15) is 55.4 Å². The van der Waals surface area contributed by atoms with Gasteiger partial charge in [-0.3, -0.25) is 38.4 Å². The van der Waals surface area contributed by atoms with E-state index in [1.807, 2.05) is 0 Å². The molecule has 41 heavy (non-hydrogen) atoms. The fourth-order valence-corrected chi connectivity index (χ4v) is 2.47. The summed E-state index contributed by atoms with van der Waals surface area (Å²) < 4.78 is 0. The van der Waals surface area contributed by atoms with E-state index in [4.69, 9.17) is 0 Å². The van der Waals surface area contributed by atoms with E-state index in [0.717, 1.165) is 55.4 Å². The van der Waals surface area contributed by atoms with Gasteiger partial charge in [0.15, 0.2) is 0 Å². The van der Waals surface area contributed by atoms with Crippen LogP contribution in [0, 0.1) is 23.7 Å². The average molecular weight is 664 g/mol. The summed E-state index contributed by atoms with van der Waals surface area (Å²) >= 11 is 0. The van der Waals surface area contributed by atoms with Crippen LogP contribution in [0.2, 0.25) is 0 Å². The van der Waals surface area contributed by atoms with E-state index in [2.05, 4.69) is 0 Å². The third kappa shape index (κ3) is 21.6. The second-order valence-corrected chi connectivity index (χ2v) is 7.89. The van der Waals surface area contributed by atoms with Crippen molar-refractivity contribution in [3.8, 4) is 0 Å². The van der Waals surface area contributed by atoms with E-state index >= 15 is 0 Å². The molecule has 0 aromatic rings. The summed E-state index contributed by atoms with van der Waals surface area (Å²) in [5.74, 6) is -18.3. The summed E-state index contributed by atoms with van der Waals surface area (Å²) in [6.45, 7) is 8.35. The summed E-state index contributed by atoms with van der Waals surface area (Å²) in [5.41, 5.74) is 0. The Morgan fingerprint density at radius 2 is 0.366 bits per heavy atom. The molecule has 0 unspecified atom stereocenters. The molecule has 0 atom stereocenters. The molecule has 0 aromatic heterocycles. The maximum Gasteiger partial charge on any atom is 4.00 e. The molecular weight excluding hydrogens is 635 g/mol. The van der Waals surface area contributed by atoms with E-state index in [-0.39, 0.29) is 26.2 Å². The van der Waals surface area contributed by atoms with Gasteiger partial charge >= 0.3 is 26.2 Å². The molecule has 17 heteroatoms. The molecule has 0 amide bonds.